The second kappa shape index (κ2) is 7.01. The van der Waals surface area contributed by atoms with Gasteiger partial charge in [0.25, 0.3) is 0 Å². The van der Waals surface area contributed by atoms with Crippen LogP contribution in [0.25, 0.3) is 10.1 Å². The van der Waals surface area contributed by atoms with Crippen molar-refractivity contribution in [1.29, 1.82) is 0 Å². The lowest BCUT2D eigenvalue weighted by Gasteiger charge is -2.19. The van der Waals surface area contributed by atoms with E-state index in [4.69, 9.17) is 9.47 Å². The molecule has 0 N–H and O–H groups in total. The quantitative estimate of drug-likeness (QED) is 0.526. The van der Waals surface area contributed by atoms with E-state index >= 15 is 0 Å². The van der Waals surface area contributed by atoms with Gasteiger partial charge < -0.3 is 9.47 Å². The van der Waals surface area contributed by atoms with Crippen LogP contribution in [0.1, 0.15) is 43.3 Å². The average Bonchev–Trinajstić information content (AvgIpc) is 2.84. The van der Waals surface area contributed by atoms with Crippen LogP contribution in [-0.4, -0.2) is 24.5 Å². The number of rotatable bonds is 5. The summed E-state index contributed by atoms with van der Waals surface area (Å²) in [5, 5.41) is 0.975. The molecule has 0 spiro atoms. The number of fused-ring (bicyclic) bond motifs is 1. The monoisotopic (exact) mass is 398 g/mol. The molecule has 1 aromatic heterocycles. The summed E-state index contributed by atoms with van der Waals surface area (Å²) in [7, 11) is 1.60. The summed E-state index contributed by atoms with van der Waals surface area (Å²) in [5.41, 5.74) is -0.527. The number of thiophene rings is 1. The largest absolute Gasteiger partial charge is 0.496 e. The molecule has 23 heavy (non-hydrogen) atoms. The van der Waals surface area contributed by atoms with Crippen LogP contribution in [0.2, 0.25) is 0 Å². The lowest BCUT2D eigenvalue weighted by atomic mass is 10.1. The highest BCUT2D eigenvalue weighted by molar-refractivity contribution is 9.10. The first-order valence-electron chi connectivity index (χ1n) is 7.22. The van der Waals surface area contributed by atoms with E-state index in [0.29, 0.717) is 4.88 Å². The van der Waals surface area contributed by atoms with E-state index in [2.05, 4.69) is 15.9 Å². The molecule has 0 saturated carbocycles. The van der Waals surface area contributed by atoms with E-state index in [1.807, 2.05) is 39.0 Å². The van der Waals surface area contributed by atoms with Gasteiger partial charge in [-0.2, -0.15) is 0 Å². The van der Waals surface area contributed by atoms with Gasteiger partial charge in [0.2, 0.25) is 0 Å². The molecule has 0 aliphatic rings. The van der Waals surface area contributed by atoms with E-state index in [-0.39, 0.29) is 24.6 Å². The topological polar surface area (TPSA) is 52.6 Å². The Morgan fingerprint density at radius 2 is 1.87 bits per heavy atom. The fraction of sp³-hybridized carbons (Fsp3) is 0.412. The molecule has 0 amide bonds. The van der Waals surface area contributed by atoms with Crippen LogP contribution in [0.3, 0.4) is 0 Å². The maximum Gasteiger partial charge on any atom is 0.306 e. The van der Waals surface area contributed by atoms with Crippen molar-refractivity contribution in [3.63, 3.8) is 0 Å². The molecule has 0 unspecified atom stereocenters. The Hall–Kier alpha value is -1.40. The molecule has 0 aliphatic carbocycles. The molecule has 2 aromatic rings. The van der Waals surface area contributed by atoms with Gasteiger partial charge in [0.05, 0.1) is 22.9 Å². The zero-order valence-corrected chi connectivity index (χ0v) is 16.0. The number of hydrogen-bond donors (Lipinski definition) is 0. The molecule has 4 nitrogen and oxygen atoms in total. The molecule has 0 atom stereocenters. The summed E-state index contributed by atoms with van der Waals surface area (Å²) < 4.78 is 12.3. The van der Waals surface area contributed by atoms with Crippen molar-refractivity contribution >= 4 is 49.1 Å². The second-order valence-corrected chi connectivity index (χ2v) is 8.08. The third-order valence-corrected chi connectivity index (χ3v) is 4.80. The minimum absolute atomic E-state index is 0.0489. The van der Waals surface area contributed by atoms with E-state index in [1.54, 1.807) is 7.11 Å². The van der Waals surface area contributed by atoms with E-state index in [0.717, 1.165) is 20.3 Å². The Kier molecular flexibility index (Phi) is 5.47. The van der Waals surface area contributed by atoms with Gasteiger partial charge in [0.15, 0.2) is 5.78 Å². The summed E-state index contributed by atoms with van der Waals surface area (Å²) in [6, 6.07) is 5.67. The lowest BCUT2D eigenvalue weighted by molar-refractivity contribution is -0.154. The molecule has 0 bridgehead atoms. The number of carbonyl (C=O) groups excluding carboxylic acids is 2. The molecular formula is C17H19BrO4S. The van der Waals surface area contributed by atoms with Crippen molar-refractivity contribution < 1.29 is 19.1 Å². The first-order valence-corrected chi connectivity index (χ1v) is 8.82. The molecule has 124 valence electrons. The number of ether oxygens (including phenoxy) is 2. The summed E-state index contributed by atoms with van der Waals surface area (Å²) in [5.74, 6) is 0.329. The first kappa shape index (κ1) is 17.9. The number of ketones is 1. The average molecular weight is 399 g/mol. The fourth-order valence-electron chi connectivity index (χ4n) is 2.07. The van der Waals surface area contributed by atoms with E-state index in [1.165, 1.54) is 11.3 Å². The van der Waals surface area contributed by atoms with Crippen molar-refractivity contribution in [1.82, 2.24) is 0 Å². The standard InChI is InChI=1S/C17H19BrO4S/c1-17(2,3)22-16(20)6-5-12(19)15-8-10-7-11(18)13(21-4)9-14(10)23-15/h7-9H,5-6H2,1-4H3. The smallest absolute Gasteiger partial charge is 0.306 e. The zero-order valence-electron chi connectivity index (χ0n) is 13.6. The highest BCUT2D eigenvalue weighted by Gasteiger charge is 2.18. The zero-order chi connectivity index (χ0) is 17.2. The molecule has 2 rings (SSSR count). The highest BCUT2D eigenvalue weighted by Crippen LogP contribution is 2.35. The Balaban J connectivity index is 2.08. The fourth-order valence-corrected chi connectivity index (χ4v) is 3.63. The molecule has 6 heteroatoms. The first-order chi connectivity index (χ1) is 10.7. The van der Waals surface area contributed by atoms with Crippen LogP contribution in [0.4, 0.5) is 0 Å². The summed E-state index contributed by atoms with van der Waals surface area (Å²) in [6.45, 7) is 5.43. The van der Waals surface area contributed by atoms with Crippen LogP contribution in [0.5, 0.6) is 5.75 Å². The molecule has 1 aromatic carbocycles. The van der Waals surface area contributed by atoms with Crippen LogP contribution < -0.4 is 4.74 Å². The number of halogens is 1. The van der Waals surface area contributed by atoms with Crippen molar-refractivity contribution in [3.8, 4) is 5.75 Å². The third kappa shape index (κ3) is 4.78. The molecule has 1 heterocycles. The number of benzene rings is 1. The number of hydrogen-bond acceptors (Lipinski definition) is 5. The minimum atomic E-state index is -0.527. The number of methoxy groups -OCH3 is 1. The van der Waals surface area contributed by atoms with Gasteiger partial charge in [-0.3, -0.25) is 9.59 Å². The predicted octanol–water partition coefficient (Wildman–Crippen LogP) is 4.98. The van der Waals surface area contributed by atoms with Crippen LogP contribution in [-0.2, 0) is 9.53 Å². The van der Waals surface area contributed by atoms with Gasteiger partial charge in [0, 0.05) is 11.1 Å². The van der Waals surface area contributed by atoms with Gasteiger partial charge >= 0.3 is 5.97 Å². The SMILES string of the molecule is COc1cc2sc(C(=O)CCC(=O)OC(C)(C)C)cc2cc1Br. The number of Topliss-reactive ketones (excluding diaryl/α,β-unsaturated/α-hetero) is 1. The maximum absolute atomic E-state index is 12.3. The number of esters is 1. The van der Waals surface area contributed by atoms with E-state index in [9.17, 15) is 9.59 Å². The Labute approximate surface area is 147 Å². The van der Waals surface area contributed by atoms with Gasteiger partial charge in [0.1, 0.15) is 11.4 Å². The van der Waals surface area contributed by atoms with Crippen LogP contribution in [0, 0.1) is 0 Å². The lowest BCUT2D eigenvalue weighted by Crippen LogP contribution is -2.24. The Bertz CT molecular complexity index is 743. The minimum Gasteiger partial charge on any atom is -0.496 e. The Morgan fingerprint density at radius 3 is 2.48 bits per heavy atom. The van der Waals surface area contributed by atoms with Crippen molar-refractivity contribution in [2.45, 2.75) is 39.2 Å². The van der Waals surface area contributed by atoms with Gasteiger partial charge in [-0.05, 0) is 60.3 Å². The van der Waals surface area contributed by atoms with Crippen molar-refractivity contribution in [3.05, 3.63) is 27.5 Å². The van der Waals surface area contributed by atoms with Gasteiger partial charge in [-0.1, -0.05) is 0 Å². The molecule has 0 fully saturated rings. The summed E-state index contributed by atoms with van der Waals surface area (Å²) in [6.07, 6.45) is 0.247. The number of carbonyl (C=O) groups is 2. The van der Waals surface area contributed by atoms with E-state index < -0.39 is 5.60 Å². The maximum atomic E-state index is 12.3. The summed E-state index contributed by atoms with van der Waals surface area (Å²) >= 11 is 4.84. The normalized spacial score (nSPS) is 11.5. The molecule has 0 aliphatic heterocycles. The summed E-state index contributed by atoms with van der Waals surface area (Å²) in [4.78, 5) is 24.6. The Morgan fingerprint density at radius 1 is 1.17 bits per heavy atom. The molecular weight excluding hydrogens is 380 g/mol. The molecule has 0 saturated heterocycles. The molecule has 0 radical (unpaired) electrons. The van der Waals surface area contributed by atoms with Crippen LogP contribution >= 0.6 is 27.3 Å². The van der Waals surface area contributed by atoms with Gasteiger partial charge in [-0.25, -0.2) is 0 Å². The second-order valence-electron chi connectivity index (χ2n) is 6.14. The van der Waals surface area contributed by atoms with Gasteiger partial charge in [-0.15, -0.1) is 11.3 Å². The third-order valence-electron chi connectivity index (χ3n) is 3.04. The van der Waals surface area contributed by atoms with Crippen LogP contribution in [0.15, 0.2) is 22.7 Å². The highest BCUT2D eigenvalue weighted by atomic mass is 79.9. The van der Waals surface area contributed by atoms with Crippen molar-refractivity contribution in [2.75, 3.05) is 7.11 Å². The van der Waals surface area contributed by atoms with Crippen molar-refractivity contribution in [2.24, 2.45) is 0 Å². The predicted molar refractivity (Wildman–Crippen MR) is 95.5 cm³/mol.